The molecule has 24 heavy (non-hydrogen) atoms. The summed E-state index contributed by atoms with van der Waals surface area (Å²) < 4.78 is 11.1. The minimum Gasteiger partial charge on any atom is -0.385 e. The number of hydrogen-bond donors (Lipinski definition) is 2. The van der Waals surface area contributed by atoms with Gasteiger partial charge in [0.25, 0.3) is 0 Å². The molecule has 2 aliphatic rings. The van der Waals surface area contributed by atoms with Gasteiger partial charge in [-0.1, -0.05) is 6.42 Å². The first-order valence-electron chi connectivity index (χ1n) is 9.32. The molecule has 0 unspecified atom stereocenters. The second-order valence-electron chi connectivity index (χ2n) is 7.14. The molecule has 2 N–H and O–H groups in total. The molecule has 0 amide bonds. The number of nitrogens with one attached hydrogen (secondary N) is 2. The Hall–Kier alpha value is -0.460. The van der Waals surface area contributed by atoms with E-state index in [-0.39, 0.29) is 4.75 Å². The normalized spacial score (nSPS) is 22.7. The Morgan fingerprint density at radius 1 is 1.21 bits per heavy atom. The topological polar surface area (TPSA) is 54.9 Å². The Bertz CT molecular complexity index is 394. The van der Waals surface area contributed by atoms with Crippen molar-refractivity contribution >= 4 is 17.7 Å². The second-order valence-corrected chi connectivity index (χ2v) is 8.42. The van der Waals surface area contributed by atoms with Crippen LogP contribution in [0.1, 0.15) is 45.4 Å². The van der Waals surface area contributed by atoms with Crippen LogP contribution in [0, 0.1) is 5.41 Å². The molecule has 0 aromatic heterocycles. The Morgan fingerprint density at radius 3 is 2.50 bits per heavy atom. The summed E-state index contributed by atoms with van der Waals surface area (Å²) in [6, 6.07) is 0. The third kappa shape index (κ3) is 5.53. The molecule has 140 valence electrons. The summed E-state index contributed by atoms with van der Waals surface area (Å²) in [4.78, 5) is 4.91. The summed E-state index contributed by atoms with van der Waals surface area (Å²) in [6.45, 7) is 7.46. The number of hydrogen-bond acceptors (Lipinski definition) is 4. The lowest BCUT2D eigenvalue weighted by atomic mass is 9.67. The third-order valence-corrected chi connectivity index (χ3v) is 7.00. The summed E-state index contributed by atoms with van der Waals surface area (Å²) in [6.07, 6.45) is 9.45. The number of nitrogens with zero attached hydrogens (tertiary/aromatic N) is 1. The first-order valence-corrected chi connectivity index (χ1v) is 10.5. The summed E-state index contributed by atoms with van der Waals surface area (Å²) in [5.74, 6) is 0.959. The number of thioether (sulfide) groups is 1. The van der Waals surface area contributed by atoms with Crippen LogP contribution in [0.3, 0.4) is 0 Å². The maximum atomic E-state index is 5.53. The Labute approximate surface area is 151 Å². The highest BCUT2D eigenvalue weighted by Gasteiger charge is 2.36. The van der Waals surface area contributed by atoms with E-state index in [1.807, 2.05) is 11.8 Å². The van der Waals surface area contributed by atoms with Gasteiger partial charge in [-0.25, -0.2) is 0 Å². The van der Waals surface area contributed by atoms with Gasteiger partial charge >= 0.3 is 0 Å². The SMILES string of the molecule is CCNC(=NCC1(CCOC)CCC1)NCC1(SC)CCOCC1. The number of guanidine groups is 1. The lowest BCUT2D eigenvalue weighted by molar-refractivity contribution is 0.0771. The first-order chi connectivity index (χ1) is 11.7. The molecule has 0 bridgehead atoms. The number of methoxy groups -OCH3 is 1. The fourth-order valence-electron chi connectivity index (χ4n) is 3.51. The number of ether oxygens (including phenoxy) is 2. The van der Waals surface area contributed by atoms with Gasteiger partial charge in [-0.3, -0.25) is 4.99 Å². The van der Waals surface area contributed by atoms with Gasteiger partial charge in [0.2, 0.25) is 0 Å². The predicted molar refractivity (Wildman–Crippen MR) is 103 cm³/mol. The molecule has 0 aromatic carbocycles. The van der Waals surface area contributed by atoms with E-state index in [0.29, 0.717) is 5.41 Å². The predicted octanol–water partition coefficient (Wildman–Crippen LogP) is 2.66. The Morgan fingerprint density at radius 2 is 1.96 bits per heavy atom. The lowest BCUT2D eigenvalue weighted by Crippen LogP contribution is -2.48. The Kier molecular flexibility index (Phi) is 8.17. The zero-order chi connectivity index (χ0) is 17.3. The van der Waals surface area contributed by atoms with Crippen molar-refractivity contribution in [3.8, 4) is 0 Å². The lowest BCUT2D eigenvalue weighted by Gasteiger charge is -2.41. The van der Waals surface area contributed by atoms with Gasteiger partial charge in [-0.2, -0.15) is 11.8 Å². The van der Waals surface area contributed by atoms with Crippen LogP contribution in [0.2, 0.25) is 0 Å². The zero-order valence-electron chi connectivity index (χ0n) is 15.7. The molecule has 5 nitrogen and oxygen atoms in total. The summed E-state index contributed by atoms with van der Waals surface area (Å²) in [5.41, 5.74) is 0.369. The molecule has 1 saturated carbocycles. The maximum absolute atomic E-state index is 5.53. The molecule has 1 aliphatic carbocycles. The van der Waals surface area contributed by atoms with E-state index >= 15 is 0 Å². The average molecular weight is 358 g/mol. The molecule has 2 rings (SSSR count). The minimum absolute atomic E-state index is 0.276. The van der Waals surface area contributed by atoms with Crippen molar-refractivity contribution in [1.82, 2.24) is 10.6 Å². The van der Waals surface area contributed by atoms with Crippen LogP contribution < -0.4 is 10.6 Å². The zero-order valence-corrected chi connectivity index (χ0v) is 16.5. The van der Waals surface area contributed by atoms with Crippen molar-refractivity contribution in [2.45, 2.75) is 50.2 Å². The molecule has 0 radical (unpaired) electrons. The maximum Gasteiger partial charge on any atom is 0.191 e. The molecular weight excluding hydrogens is 322 g/mol. The van der Waals surface area contributed by atoms with Gasteiger partial charge < -0.3 is 20.1 Å². The van der Waals surface area contributed by atoms with E-state index in [4.69, 9.17) is 14.5 Å². The van der Waals surface area contributed by atoms with Crippen LogP contribution >= 0.6 is 11.8 Å². The largest absolute Gasteiger partial charge is 0.385 e. The average Bonchev–Trinajstić information content (AvgIpc) is 2.59. The summed E-state index contributed by atoms with van der Waals surface area (Å²) in [7, 11) is 1.79. The standard InChI is InChI=1S/C18H35N3O2S/c1-4-19-16(20-14-17(6-5-7-17)8-11-22-2)21-15-18(24-3)9-12-23-13-10-18/h4-15H2,1-3H3,(H2,19,20,21). The molecule has 0 aromatic rings. The molecule has 2 fully saturated rings. The van der Waals surface area contributed by atoms with Crippen molar-refractivity contribution in [2.24, 2.45) is 10.4 Å². The van der Waals surface area contributed by atoms with Gasteiger partial charge in [0.1, 0.15) is 0 Å². The van der Waals surface area contributed by atoms with E-state index in [9.17, 15) is 0 Å². The minimum atomic E-state index is 0.276. The van der Waals surface area contributed by atoms with Gasteiger partial charge in [0.15, 0.2) is 5.96 Å². The summed E-state index contributed by atoms with van der Waals surface area (Å²) in [5, 5.41) is 7.00. The molecule has 6 heteroatoms. The van der Waals surface area contributed by atoms with Crippen molar-refractivity contribution < 1.29 is 9.47 Å². The monoisotopic (exact) mass is 357 g/mol. The van der Waals surface area contributed by atoms with Crippen molar-refractivity contribution in [2.75, 3.05) is 52.8 Å². The smallest absolute Gasteiger partial charge is 0.191 e. The second kappa shape index (κ2) is 9.88. The van der Waals surface area contributed by atoms with Crippen molar-refractivity contribution in [3.63, 3.8) is 0 Å². The van der Waals surface area contributed by atoms with Crippen LogP contribution in [0.25, 0.3) is 0 Å². The molecular formula is C18H35N3O2S. The number of rotatable bonds is 9. The van der Waals surface area contributed by atoms with E-state index < -0.39 is 0 Å². The molecule has 0 spiro atoms. The fraction of sp³-hybridized carbons (Fsp3) is 0.944. The molecule has 1 aliphatic heterocycles. The van der Waals surface area contributed by atoms with E-state index in [1.54, 1.807) is 7.11 Å². The highest BCUT2D eigenvalue weighted by atomic mass is 32.2. The Balaban J connectivity index is 1.90. The van der Waals surface area contributed by atoms with Gasteiger partial charge in [0.05, 0.1) is 0 Å². The van der Waals surface area contributed by atoms with Crippen LogP contribution in [-0.4, -0.2) is 63.5 Å². The van der Waals surface area contributed by atoms with Crippen LogP contribution in [-0.2, 0) is 9.47 Å². The van der Waals surface area contributed by atoms with Crippen molar-refractivity contribution in [3.05, 3.63) is 0 Å². The highest BCUT2D eigenvalue weighted by molar-refractivity contribution is 8.00. The molecule has 0 atom stereocenters. The summed E-state index contributed by atoms with van der Waals surface area (Å²) >= 11 is 1.96. The van der Waals surface area contributed by atoms with Crippen molar-refractivity contribution in [1.29, 1.82) is 0 Å². The highest BCUT2D eigenvalue weighted by Crippen LogP contribution is 2.44. The quantitative estimate of drug-likeness (QED) is 0.491. The van der Waals surface area contributed by atoms with E-state index in [2.05, 4.69) is 23.8 Å². The van der Waals surface area contributed by atoms with Crippen LogP contribution in [0.15, 0.2) is 4.99 Å². The third-order valence-electron chi connectivity index (χ3n) is 5.58. The van der Waals surface area contributed by atoms with Crippen LogP contribution in [0.5, 0.6) is 0 Å². The van der Waals surface area contributed by atoms with E-state index in [0.717, 1.165) is 64.7 Å². The van der Waals surface area contributed by atoms with E-state index in [1.165, 1.54) is 19.3 Å². The van der Waals surface area contributed by atoms with Gasteiger partial charge in [-0.15, -0.1) is 0 Å². The van der Waals surface area contributed by atoms with Gasteiger partial charge in [-0.05, 0) is 50.7 Å². The molecule has 1 saturated heterocycles. The molecule has 1 heterocycles. The first kappa shape index (κ1) is 19.9. The van der Waals surface area contributed by atoms with Crippen LogP contribution in [0.4, 0.5) is 0 Å². The number of aliphatic imine (C=N–C) groups is 1. The fourth-order valence-corrected chi connectivity index (χ4v) is 4.30. The van der Waals surface area contributed by atoms with Gasteiger partial charge in [0, 0.05) is 51.3 Å².